The van der Waals surface area contributed by atoms with Gasteiger partial charge in [0.1, 0.15) is 11.6 Å². The minimum atomic E-state index is -0.908. The SMILES string of the molecule is O=C1CCC(N2Cc3cc(-n4cc(C(=O)N5CCCC56CCOC6=O)nn4)ccc3C2=O)C(=O)N1. The predicted molar refractivity (Wildman–Crippen MR) is 116 cm³/mol. The van der Waals surface area contributed by atoms with Crippen molar-refractivity contribution in [2.45, 2.75) is 50.2 Å². The molecular formula is C23H22N6O6. The van der Waals surface area contributed by atoms with Crippen LogP contribution in [0.4, 0.5) is 0 Å². The molecule has 2 unspecified atom stereocenters. The number of nitrogens with zero attached hydrogens (tertiary/aromatic N) is 5. The Morgan fingerprint density at radius 3 is 2.80 bits per heavy atom. The summed E-state index contributed by atoms with van der Waals surface area (Å²) >= 11 is 0. The molecule has 3 saturated heterocycles. The van der Waals surface area contributed by atoms with Crippen molar-refractivity contribution in [1.29, 1.82) is 0 Å². The monoisotopic (exact) mass is 478 g/mol. The van der Waals surface area contributed by atoms with E-state index in [1.54, 1.807) is 23.1 Å². The lowest BCUT2D eigenvalue weighted by Crippen LogP contribution is -2.52. The number of amides is 4. The average Bonchev–Trinajstić information content (AvgIpc) is 3.62. The molecule has 3 fully saturated rings. The number of carbonyl (C=O) groups is 5. The first-order chi connectivity index (χ1) is 16.9. The molecule has 0 aliphatic carbocycles. The van der Waals surface area contributed by atoms with E-state index in [-0.39, 0.29) is 48.8 Å². The van der Waals surface area contributed by atoms with Gasteiger partial charge in [0.25, 0.3) is 11.8 Å². The zero-order valence-corrected chi connectivity index (χ0v) is 18.7. The summed E-state index contributed by atoms with van der Waals surface area (Å²) in [6.45, 7) is 0.990. The van der Waals surface area contributed by atoms with Gasteiger partial charge in [0.2, 0.25) is 11.8 Å². The number of fused-ring (bicyclic) bond motifs is 1. The fraction of sp³-hybridized carbons (Fsp3) is 0.435. The van der Waals surface area contributed by atoms with Gasteiger partial charge in [0.05, 0.1) is 18.5 Å². The topological polar surface area (TPSA) is 144 Å². The smallest absolute Gasteiger partial charge is 0.332 e. The number of hydrogen-bond acceptors (Lipinski definition) is 8. The molecule has 180 valence electrons. The second-order valence-electron chi connectivity index (χ2n) is 9.27. The van der Waals surface area contributed by atoms with Crippen molar-refractivity contribution in [3.63, 3.8) is 0 Å². The van der Waals surface area contributed by atoms with Gasteiger partial charge in [0.15, 0.2) is 5.69 Å². The van der Waals surface area contributed by atoms with E-state index in [2.05, 4.69) is 15.6 Å². The van der Waals surface area contributed by atoms with Crippen LogP contribution in [-0.2, 0) is 25.7 Å². The molecule has 4 aliphatic heterocycles. The van der Waals surface area contributed by atoms with Crippen LogP contribution in [0.1, 0.15) is 58.5 Å². The van der Waals surface area contributed by atoms with Gasteiger partial charge in [-0.05, 0) is 43.0 Å². The van der Waals surface area contributed by atoms with Crippen molar-refractivity contribution in [3.05, 3.63) is 41.2 Å². The summed E-state index contributed by atoms with van der Waals surface area (Å²) in [5.74, 6) is -1.79. The molecule has 12 nitrogen and oxygen atoms in total. The first-order valence-electron chi connectivity index (χ1n) is 11.6. The second-order valence-corrected chi connectivity index (χ2v) is 9.27. The van der Waals surface area contributed by atoms with E-state index in [1.165, 1.54) is 15.8 Å². The Bertz CT molecular complexity index is 1300. The van der Waals surface area contributed by atoms with E-state index in [4.69, 9.17) is 4.74 Å². The van der Waals surface area contributed by atoms with Gasteiger partial charge in [-0.2, -0.15) is 0 Å². The van der Waals surface area contributed by atoms with Crippen molar-refractivity contribution in [2.75, 3.05) is 13.2 Å². The van der Waals surface area contributed by atoms with Crippen molar-refractivity contribution < 1.29 is 28.7 Å². The summed E-state index contributed by atoms with van der Waals surface area (Å²) in [7, 11) is 0. The number of hydrogen-bond donors (Lipinski definition) is 1. The highest BCUT2D eigenvalue weighted by molar-refractivity contribution is 6.05. The quantitative estimate of drug-likeness (QED) is 0.478. The number of aromatic nitrogens is 3. The van der Waals surface area contributed by atoms with E-state index < -0.39 is 17.5 Å². The lowest BCUT2D eigenvalue weighted by atomic mass is 9.94. The fourth-order valence-corrected chi connectivity index (χ4v) is 5.53. The number of likely N-dealkylation sites (tertiary alicyclic amines) is 1. The Kier molecular flexibility index (Phi) is 4.73. The molecule has 0 radical (unpaired) electrons. The first-order valence-corrected chi connectivity index (χ1v) is 11.6. The maximum Gasteiger partial charge on any atom is 0.332 e. The third-order valence-electron chi connectivity index (χ3n) is 7.35. The predicted octanol–water partition coefficient (Wildman–Crippen LogP) is -0.0500. The molecule has 2 atom stereocenters. The summed E-state index contributed by atoms with van der Waals surface area (Å²) in [5.41, 5.74) is 1.01. The van der Waals surface area contributed by atoms with Gasteiger partial charge < -0.3 is 14.5 Å². The minimum Gasteiger partial charge on any atom is -0.464 e. The summed E-state index contributed by atoms with van der Waals surface area (Å²) in [4.78, 5) is 65.2. The number of nitrogens with one attached hydrogen (secondary N) is 1. The summed E-state index contributed by atoms with van der Waals surface area (Å²) in [6, 6.07) is 4.43. The van der Waals surface area contributed by atoms with Crippen LogP contribution in [0.2, 0.25) is 0 Å². The van der Waals surface area contributed by atoms with Crippen LogP contribution in [-0.4, -0.2) is 79.1 Å². The van der Waals surface area contributed by atoms with Crippen molar-refractivity contribution in [1.82, 2.24) is 30.1 Å². The van der Waals surface area contributed by atoms with Gasteiger partial charge in [-0.15, -0.1) is 5.10 Å². The number of piperidine rings is 1. The normalized spacial score (nSPS) is 25.9. The molecule has 2 aromatic rings. The molecule has 1 spiro atoms. The van der Waals surface area contributed by atoms with Gasteiger partial charge in [0, 0.05) is 31.5 Å². The van der Waals surface area contributed by atoms with Crippen LogP contribution in [0.5, 0.6) is 0 Å². The maximum atomic E-state index is 13.2. The number of benzene rings is 1. The molecule has 12 heteroatoms. The molecular weight excluding hydrogens is 456 g/mol. The van der Waals surface area contributed by atoms with Crippen LogP contribution in [0.25, 0.3) is 5.69 Å². The zero-order valence-electron chi connectivity index (χ0n) is 18.7. The van der Waals surface area contributed by atoms with Gasteiger partial charge in [-0.1, -0.05) is 5.21 Å². The van der Waals surface area contributed by atoms with E-state index in [0.29, 0.717) is 42.8 Å². The van der Waals surface area contributed by atoms with E-state index >= 15 is 0 Å². The molecule has 1 N–H and O–H groups in total. The first kappa shape index (κ1) is 21.4. The Morgan fingerprint density at radius 1 is 1.17 bits per heavy atom. The highest BCUT2D eigenvalue weighted by atomic mass is 16.5. The number of imide groups is 1. The molecule has 0 saturated carbocycles. The van der Waals surface area contributed by atoms with E-state index in [1.807, 2.05) is 0 Å². The molecule has 4 amide bonds. The number of cyclic esters (lactones) is 1. The Balaban J connectivity index is 1.23. The summed E-state index contributed by atoms with van der Waals surface area (Å²) < 4.78 is 6.60. The van der Waals surface area contributed by atoms with Crippen molar-refractivity contribution >= 4 is 29.6 Å². The molecule has 4 aliphatic rings. The Labute approximate surface area is 199 Å². The van der Waals surface area contributed by atoms with Crippen LogP contribution >= 0.6 is 0 Å². The Hall–Kier alpha value is -4.09. The van der Waals surface area contributed by atoms with Gasteiger partial charge >= 0.3 is 5.97 Å². The third kappa shape index (κ3) is 3.23. The van der Waals surface area contributed by atoms with E-state index in [9.17, 15) is 24.0 Å². The van der Waals surface area contributed by atoms with Gasteiger partial charge in [-0.25, -0.2) is 9.48 Å². The van der Waals surface area contributed by atoms with Crippen LogP contribution < -0.4 is 5.32 Å². The largest absolute Gasteiger partial charge is 0.464 e. The lowest BCUT2D eigenvalue weighted by molar-refractivity contribution is -0.146. The molecule has 35 heavy (non-hydrogen) atoms. The standard InChI is InChI=1S/C23H22N6O6/c30-18-5-4-17(19(31)24-18)27-11-13-10-14(2-3-15(13)20(27)32)29-12-16(25-26-29)21(33)28-8-1-6-23(28)7-9-35-22(23)34/h2-3,10,12,17H,1,4-9,11H2,(H,24,30,31). The summed E-state index contributed by atoms with van der Waals surface area (Å²) in [5, 5.41) is 10.4. The zero-order chi connectivity index (χ0) is 24.3. The number of esters is 1. The minimum absolute atomic E-state index is 0.118. The third-order valence-corrected chi connectivity index (χ3v) is 7.35. The second kappa shape index (κ2) is 7.72. The van der Waals surface area contributed by atoms with E-state index in [0.717, 1.165) is 6.42 Å². The fourth-order valence-electron chi connectivity index (χ4n) is 5.53. The van der Waals surface area contributed by atoms with Gasteiger partial charge in [-0.3, -0.25) is 24.5 Å². The maximum absolute atomic E-state index is 13.2. The summed E-state index contributed by atoms with van der Waals surface area (Å²) in [6.07, 6.45) is 3.76. The van der Waals surface area contributed by atoms with Crippen molar-refractivity contribution in [3.8, 4) is 5.69 Å². The molecule has 0 bridgehead atoms. The van der Waals surface area contributed by atoms with Crippen LogP contribution in [0.15, 0.2) is 24.4 Å². The van der Waals surface area contributed by atoms with Crippen LogP contribution in [0.3, 0.4) is 0 Å². The lowest BCUT2D eigenvalue weighted by Gasteiger charge is -2.30. The highest BCUT2D eigenvalue weighted by Gasteiger charge is 2.54. The molecule has 5 heterocycles. The average molecular weight is 478 g/mol. The number of ether oxygens (including phenoxy) is 1. The molecule has 6 rings (SSSR count). The van der Waals surface area contributed by atoms with Crippen LogP contribution in [0, 0.1) is 0 Å². The number of carbonyl (C=O) groups excluding carboxylic acids is 5. The molecule has 1 aromatic carbocycles. The number of rotatable bonds is 3. The molecule has 1 aromatic heterocycles. The van der Waals surface area contributed by atoms with Crippen molar-refractivity contribution in [2.24, 2.45) is 0 Å². The highest BCUT2D eigenvalue weighted by Crippen LogP contribution is 2.38. The Morgan fingerprint density at radius 2 is 2.03 bits per heavy atom.